The van der Waals surface area contributed by atoms with Gasteiger partial charge < -0.3 is 10.6 Å². The lowest BCUT2D eigenvalue weighted by Crippen LogP contribution is -2.29. The summed E-state index contributed by atoms with van der Waals surface area (Å²) in [5.74, 6) is 2.29. The smallest absolute Gasteiger partial charge is 0.126 e. The molecular weight excluding hydrogens is 298 g/mol. The summed E-state index contributed by atoms with van der Waals surface area (Å²) in [6.45, 7) is 8.81. The lowest BCUT2D eigenvalue weighted by atomic mass is 10.1. The van der Waals surface area contributed by atoms with Crippen molar-refractivity contribution in [3.8, 4) is 0 Å². The maximum Gasteiger partial charge on any atom is 0.126 e. The maximum absolute atomic E-state index is 7.98. The number of nitrogen functional groups attached to an aromatic ring is 1. The van der Waals surface area contributed by atoms with Crippen LogP contribution in [0.2, 0.25) is 0 Å². The van der Waals surface area contributed by atoms with Crippen molar-refractivity contribution in [1.82, 2.24) is 0 Å². The maximum atomic E-state index is 7.98. The molecule has 1 saturated heterocycles. The van der Waals surface area contributed by atoms with E-state index >= 15 is 0 Å². The third-order valence-corrected chi connectivity index (χ3v) is 6.06. The number of anilines is 1. The predicted octanol–water partition coefficient (Wildman–Crippen LogP) is 3.80. The van der Waals surface area contributed by atoms with Crippen molar-refractivity contribution < 1.29 is 0 Å². The van der Waals surface area contributed by atoms with Gasteiger partial charge in [0.25, 0.3) is 0 Å². The monoisotopic (exact) mass is 323 g/mol. The van der Waals surface area contributed by atoms with Crippen molar-refractivity contribution in [1.29, 1.82) is 5.41 Å². The van der Waals surface area contributed by atoms with Crippen molar-refractivity contribution in [2.75, 3.05) is 29.5 Å². The minimum absolute atomic E-state index is 0.178. The zero-order chi connectivity index (χ0) is 15.5. The Hall–Kier alpha value is -0.810. The molecule has 1 aliphatic heterocycles. The molecule has 0 unspecified atom stereocenters. The van der Waals surface area contributed by atoms with Gasteiger partial charge >= 0.3 is 0 Å². The van der Waals surface area contributed by atoms with Crippen molar-refractivity contribution in [3.63, 3.8) is 0 Å². The molecule has 1 aromatic carbocycles. The third kappa shape index (κ3) is 4.10. The number of hydrogen-bond acceptors (Lipinski definition) is 4. The highest BCUT2D eigenvalue weighted by Crippen LogP contribution is 2.35. The molecule has 3 nitrogen and oxygen atoms in total. The van der Waals surface area contributed by atoms with E-state index in [1.165, 1.54) is 0 Å². The molecule has 0 amide bonds. The first kappa shape index (κ1) is 16.6. The van der Waals surface area contributed by atoms with Crippen LogP contribution >= 0.6 is 23.5 Å². The molecule has 1 aliphatic rings. The van der Waals surface area contributed by atoms with Gasteiger partial charge in [-0.05, 0) is 24.3 Å². The Morgan fingerprint density at radius 3 is 2.86 bits per heavy atom. The van der Waals surface area contributed by atoms with Crippen LogP contribution in [-0.4, -0.2) is 35.2 Å². The van der Waals surface area contributed by atoms with Gasteiger partial charge in [0.15, 0.2) is 0 Å². The molecule has 3 N–H and O–H groups in total. The van der Waals surface area contributed by atoms with Crippen LogP contribution in [0.1, 0.15) is 32.8 Å². The molecule has 2 rings (SSSR count). The fourth-order valence-electron chi connectivity index (χ4n) is 2.59. The first-order valence-electron chi connectivity index (χ1n) is 7.44. The quantitative estimate of drug-likeness (QED) is 0.503. The lowest BCUT2D eigenvalue weighted by Gasteiger charge is -2.27. The minimum atomic E-state index is 0.178. The molecule has 0 atom stereocenters. The fraction of sp³-hybridized carbons (Fsp3) is 0.562. The van der Waals surface area contributed by atoms with Crippen LogP contribution in [0, 0.1) is 5.41 Å². The van der Waals surface area contributed by atoms with E-state index in [-0.39, 0.29) is 5.84 Å². The second-order valence-corrected chi connectivity index (χ2v) is 8.95. The Kier molecular flexibility index (Phi) is 5.49. The van der Waals surface area contributed by atoms with Crippen LogP contribution in [0.15, 0.2) is 23.1 Å². The SMILES string of the molecule is CCSc1cccc(N2CCSC(C)(C)CC2)c1C(=N)N. The summed E-state index contributed by atoms with van der Waals surface area (Å²) < 4.78 is 0.334. The Bertz CT molecular complexity index is 514. The molecule has 0 bridgehead atoms. The molecule has 0 spiro atoms. The Morgan fingerprint density at radius 1 is 1.43 bits per heavy atom. The molecule has 0 aromatic heterocycles. The Balaban J connectivity index is 2.34. The second-order valence-electron chi connectivity index (χ2n) is 5.84. The molecule has 1 aromatic rings. The van der Waals surface area contributed by atoms with Crippen molar-refractivity contribution in [3.05, 3.63) is 23.8 Å². The number of thioether (sulfide) groups is 2. The zero-order valence-electron chi connectivity index (χ0n) is 13.1. The van der Waals surface area contributed by atoms with Crippen LogP contribution in [-0.2, 0) is 0 Å². The molecule has 116 valence electrons. The van der Waals surface area contributed by atoms with Crippen LogP contribution < -0.4 is 10.6 Å². The van der Waals surface area contributed by atoms with Gasteiger partial charge in [-0.1, -0.05) is 26.8 Å². The van der Waals surface area contributed by atoms with E-state index in [1.807, 2.05) is 11.8 Å². The van der Waals surface area contributed by atoms with Gasteiger partial charge in [0.1, 0.15) is 5.84 Å². The minimum Gasteiger partial charge on any atom is -0.384 e. The van der Waals surface area contributed by atoms with Crippen molar-refractivity contribution >= 4 is 35.0 Å². The third-order valence-electron chi connectivity index (χ3n) is 3.75. The summed E-state index contributed by atoms with van der Waals surface area (Å²) >= 11 is 3.80. The second kappa shape index (κ2) is 6.97. The Labute approximate surface area is 136 Å². The first-order chi connectivity index (χ1) is 9.94. The highest BCUT2D eigenvalue weighted by atomic mass is 32.2. The largest absolute Gasteiger partial charge is 0.384 e. The van der Waals surface area contributed by atoms with E-state index in [4.69, 9.17) is 11.1 Å². The van der Waals surface area contributed by atoms with Crippen LogP contribution in [0.5, 0.6) is 0 Å². The van der Waals surface area contributed by atoms with Gasteiger partial charge in [0.05, 0.1) is 5.56 Å². The standard InChI is InChI=1S/C16H25N3S2/c1-4-20-13-7-5-6-12(14(13)15(17)18)19-9-8-16(2,3)21-11-10-19/h5-7H,4,8-11H2,1-3H3,(H3,17,18). The molecule has 1 fully saturated rings. The summed E-state index contributed by atoms with van der Waals surface area (Å²) in [4.78, 5) is 3.52. The zero-order valence-corrected chi connectivity index (χ0v) is 14.7. The molecule has 0 saturated carbocycles. The van der Waals surface area contributed by atoms with E-state index in [9.17, 15) is 0 Å². The van der Waals surface area contributed by atoms with Crippen molar-refractivity contribution in [2.45, 2.75) is 36.8 Å². The number of amidine groups is 1. The number of benzene rings is 1. The number of rotatable bonds is 4. The average molecular weight is 324 g/mol. The number of nitrogens with zero attached hydrogens (tertiary/aromatic N) is 1. The molecule has 1 heterocycles. The average Bonchev–Trinajstić information content (AvgIpc) is 2.59. The summed E-state index contributed by atoms with van der Waals surface area (Å²) in [7, 11) is 0. The number of nitrogens with two attached hydrogens (primary N) is 1. The van der Waals surface area contributed by atoms with Gasteiger partial charge in [0, 0.05) is 34.2 Å². The molecule has 5 heteroatoms. The van der Waals surface area contributed by atoms with Gasteiger partial charge in [-0.25, -0.2) is 0 Å². The summed E-state index contributed by atoms with van der Waals surface area (Å²) in [6, 6.07) is 6.27. The number of nitrogens with one attached hydrogen (secondary N) is 1. The molecular formula is C16H25N3S2. The Morgan fingerprint density at radius 2 is 2.19 bits per heavy atom. The van der Waals surface area contributed by atoms with E-state index in [0.29, 0.717) is 4.75 Å². The number of hydrogen-bond donors (Lipinski definition) is 2. The van der Waals surface area contributed by atoms with E-state index in [0.717, 1.165) is 47.2 Å². The topological polar surface area (TPSA) is 53.1 Å². The molecule has 0 aliphatic carbocycles. The lowest BCUT2D eigenvalue weighted by molar-refractivity contribution is 0.637. The highest BCUT2D eigenvalue weighted by molar-refractivity contribution is 8.00. The molecule has 21 heavy (non-hydrogen) atoms. The van der Waals surface area contributed by atoms with Crippen molar-refractivity contribution in [2.24, 2.45) is 5.73 Å². The normalized spacial score (nSPS) is 18.3. The van der Waals surface area contributed by atoms with Crippen LogP contribution in [0.3, 0.4) is 0 Å². The summed E-state index contributed by atoms with van der Waals surface area (Å²) in [5, 5.41) is 7.98. The van der Waals surface area contributed by atoms with E-state index < -0.39 is 0 Å². The predicted molar refractivity (Wildman–Crippen MR) is 97.2 cm³/mol. The van der Waals surface area contributed by atoms with Gasteiger partial charge in [0.2, 0.25) is 0 Å². The fourth-order valence-corrected chi connectivity index (χ4v) is 4.54. The van der Waals surface area contributed by atoms with E-state index in [1.54, 1.807) is 11.8 Å². The van der Waals surface area contributed by atoms with E-state index in [2.05, 4.69) is 43.9 Å². The first-order valence-corrected chi connectivity index (χ1v) is 9.41. The van der Waals surface area contributed by atoms with Gasteiger partial charge in [-0.15, -0.1) is 11.8 Å². The van der Waals surface area contributed by atoms with Crippen LogP contribution in [0.4, 0.5) is 5.69 Å². The van der Waals surface area contributed by atoms with Gasteiger partial charge in [-0.3, -0.25) is 5.41 Å². The van der Waals surface area contributed by atoms with Gasteiger partial charge in [-0.2, -0.15) is 11.8 Å². The summed E-state index contributed by atoms with van der Waals surface area (Å²) in [5.41, 5.74) is 7.92. The molecule has 0 radical (unpaired) electrons. The van der Waals surface area contributed by atoms with Crippen LogP contribution in [0.25, 0.3) is 0 Å². The summed E-state index contributed by atoms with van der Waals surface area (Å²) in [6.07, 6.45) is 1.15. The highest BCUT2D eigenvalue weighted by Gasteiger charge is 2.25.